The van der Waals surface area contributed by atoms with Crippen LogP contribution in [0, 0.1) is 0 Å². The Balaban J connectivity index is 5.16. The number of phosphoric acid groups is 2. The van der Waals surface area contributed by atoms with Gasteiger partial charge in [-0.15, -0.1) is 0 Å². The van der Waals surface area contributed by atoms with Crippen molar-refractivity contribution in [1.29, 1.82) is 0 Å². The molecule has 0 spiro atoms. The van der Waals surface area contributed by atoms with Gasteiger partial charge in [-0.2, -0.15) is 0 Å². The Morgan fingerprint density at radius 2 is 0.482 bits per heavy atom. The van der Waals surface area contributed by atoms with E-state index in [9.17, 15) is 43.2 Å². The zero-order valence-electron chi connectivity index (χ0n) is 53.2. The highest BCUT2D eigenvalue weighted by Gasteiger charge is 2.30. The molecule has 0 saturated heterocycles. The topological polar surface area (TPSA) is 237 Å². The van der Waals surface area contributed by atoms with Crippen LogP contribution in [0.3, 0.4) is 0 Å². The van der Waals surface area contributed by atoms with E-state index in [2.05, 4.69) is 27.7 Å². The second kappa shape index (κ2) is 59.0. The molecule has 0 aliphatic carbocycles. The van der Waals surface area contributed by atoms with E-state index in [1.807, 2.05) is 0 Å². The van der Waals surface area contributed by atoms with Crippen LogP contribution in [-0.4, -0.2) is 96.7 Å². The first-order valence-corrected chi connectivity index (χ1v) is 36.8. The van der Waals surface area contributed by atoms with Crippen molar-refractivity contribution >= 4 is 39.5 Å². The molecule has 0 aliphatic heterocycles. The van der Waals surface area contributed by atoms with E-state index in [-0.39, 0.29) is 25.7 Å². The molecule has 2 unspecified atom stereocenters. The summed E-state index contributed by atoms with van der Waals surface area (Å²) >= 11 is 0. The smallest absolute Gasteiger partial charge is 0.462 e. The van der Waals surface area contributed by atoms with E-state index >= 15 is 0 Å². The molecule has 0 amide bonds. The summed E-state index contributed by atoms with van der Waals surface area (Å²) in [6, 6.07) is 0. The van der Waals surface area contributed by atoms with Crippen LogP contribution >= 0.6 is 15.6 Å². The van der Waals surface area contributed by atoms with Gasteiger partial charge in [-0.3, -0.25) is 37.3 Å². The zero-order valence-corrected chi connectivity index (χ0v) is 54.9. The van der Waals surface area contributed by atoms with E-state index < -0.39 is 97.5 Å². The molecular weight excluding hydrogens is 1100 g/mol. The van der Waals surface area contributed by atoms with Crippen molar-refractivity contribution in [2.45, 2.75) is 348 Å². The molecule has 0 heterocycles. The van der Waals surface area contributed by atoms with E-state index in [1.165, 1.54) is 154 Å². The van der Waals surface area contributed by atoms with Crippen LogP contribution < -0.4 is 0 Å². The third kappa shape index (κ3) is 58.8. The molecule has 0 saturated carbocycles. The number of carbonyl (C=O) groups is 4. The lowest BCUT2D eigenvalue weighted by Gasteiger charge is -2.21. The van der Waals surface area contributed by atoms with E-state index in [0.717, 1.165) is 96.3 Å². The third-order valence-corrected chi connectivity index (χ3v) is 16.8. The standard InChI is InChI=1S/C64H124O17P2/c1-5-9-13-17-21-25-26-27-28-29-30-31-32-35-39-43-47-51-64(69)81-60(55-75-62(67)49-45-41-37-33-22-18-14-10-6-2)57-79-83(72,73)77-53-58(65)52-76-82(70,71)78-56-59(54-74-61(66)48-44-40-36-24-20-16-12-8-4)80-63(68)50-46-42-38-34-23-19-15-11-7-3/h58-60,65H,5-57H2,1-4H3,(H,70,71)(H,72,73)/t58-,59+,60+/m0/s1. The van der Waals surface area contributed by atoms with Gasteiger partial charge < -0.3 is 33.8 Å². The summed E-state index contributed by atoms with van der Waals surface area (Å²) < 4.78 is 67.9. The maximum Gasteiger partial charge on any atom is 0.472 e. The van der Waals surface area contributed by atoms with Crippen molar-refractivity contribution in [2.75, 3.05) is 39.6 Å². The number of hydrogen-bond acceptors (Lipinski definition) is 15. The molecule has 17 nitrogen and oxygen atoms in total. The highest BCUT2D eigenvalue weighted by molar-refractivity contribution is 7.47. The predicted molar refractivity (Wildman–Crippen MR) is 331 cm³/mol. The zero-order chi connectivity index (χ0) is 61.2. The largest absolute Gasteiger partial charge is 0.472 e. The van der Waals surface area contributed by atoms with Gasteiger partial charge in [-0.1, -0.05) is 278 Å². The fourth-order valence-electron chi connectivity index (χ4n) is 9.63. The van der Waals surface area contributed by atoms with Gasteiger partial charge in [-0.25, -0.2) is 9.13 Å². The summed E-state index contributed by atoms with van der Waals surface area (Å²) in [5.41, 5.74) is 0. The van der Waals surface area contributed by atoms with Gasteiger partial charge in [0.05, 0.1) is 26.4 Å². The maximum absolute atomic E-state index is 13.0. The lowest BCUT2D eigenvalue weighted by atomic mass is 10.0. The fraction of sp³-hybridized carbons (Fsp3) is 0.938. The van der Waals surface area contributed by atoms with Crippen LogP contribution in [0.15, 0.2) is 0 Å². The molecule has 19 heteroatoms. The molecule has 0 bridgehead atoms. The summed E-state index contributed by atoms with van der Waals surface area (Å²) in [6.45, 7) is 4.84. The number of rotatable bonds is 65. The van der Waals surface area contributed by atoms with Crippen LogP contribution in [0.25, 0.3) is 0 Å². The Bertz CT molecular complexity index is 1600. The summed E-state index contributed by atoms with van der Waals surface area (Å²) in [7, 11) is -9.88. The maximum atomic E-state index is 13.0. The summed E-state index contributed by atoms with van der Waals surface area (Å²) in [4.78, 5) is 72.0. The number of phosphoric ester groups is 2. The summed E-state index contributed by atoms with van der Waals surface area (Å²) in [6.07, 6.45) is 44.5. The number of ether oxygens (including phenoxy) is 4. The average molecular weight is 1230 g/mol. The second-order valence-corrected chi connectivity index (χ2v) is 26.1. The SMILES string of the molecule is CCCCCCCCCCCCCCCCCCCC(=O)O[C@H](COC(=O)CCCCCCCCCCC)COP(=O)(O)OC[C@@H](O)COP(=O)(O)OC[C@@H](COC(=O)CCCCCCCCCC)OC(=O)CCCCCCCCCCC. The Labute approximate surface area is 505 Å². The van der Waals surface area contributed by atoms with Crippen LogP contribution in [0.4, 0.5) is 0 Å². The number of aliphatic hydroxyl groups is 1. The van der Waals surface area contributed by atoms with Crippen LogP contribution in [0.2, 0.25) is 0 Å². The lowest BCUT2D eigenvalue weighted by Crippen LogP contribution is -2.30. The van der Waals surface area contributed by atoms with Crippen molar-refractivity contribution in [1.82, 2.24) is 0 Å². The molecule has 492 valence electrons. The fourth-order valence-corrected chi connectivity index (χ4v) is 11.2. The summed E-state index contributed by atoms with van der Waals surface area (Å²) in [5.74, 6) is -2.14. The minimum atomic E-state index is -4.94. The Kier molecular flexibility index (Phi) is 57.7. The van der Waals surface area contributed by atoms with Crippen LogP contribution in [-0.2, 0) is 65.4 Å². The van der Waals surface area contributed by atoms with E-state index in [4.69, 9.17) is 37.0 Å². The summed E-state index contributed by atoms with van der Waals surface area (Å²) in [5, 5.41) is 10.5. The first kappa shape index (κ1) is 81.1. The van der Waals surface area contributed by atoms with Gasteiger partial charge in [0.15, 0.2) is 12.2 Å². The molecular formula is C64H124O17P2. The molecule has 0 rings (SSSR count). The first-order chi connectivity index (χ1) is 40.2. The highest BCUT2D eigenvalue weighted by atomic mass is 31.2. The lowest BCUT2D eigenvalue weighted by molar-refractivity contribution is -0.161. The molecule has 0 aliphatic rings. The normalized spacial score (nSPS) is 14.2. The van der Waals surface area contributed by atoms with Crippen molar-refractivity contribution in [2.24, 2.45) is 0 Å². The molecule has 0 radical (unpaired) electrons. The Morgan fingerprint density at radius 3 is 0.711 bits per heavy atom. The van der Waals surface area contributed by atoms with Crippen molar-refractivity contribution in [3.05, 3.63) is 0 Å². The quantitative estimate of drug-likeness (QED) is 0.0222. The number of unbranched alkanes of at least 4 members (excludes halogenated alkanes) is 39. The van der Waals surface area contributed by atoms with E-state index in [1.54, 1.807) is 0 Å². The minimum Gasteiger partial charge on any atom is -0.462 e. The molecule has 83 heavy (non-hydrogen) atoms. The number of carbonyl (C=O) groups excluding carboxylic acids is 4. The molecule has 0 fully saturated rings. The predicted octanol–water partition coefficient (Wildman–Crippen LogP) is 17.9. The monoisotopic (exact) mass is 1230 g/mol. The minimum absolute atomic E-state index is 0.106. The number of esters is 4. The van der Waals surface area contributed by atoms with Gasteiger partial charge in [0, 0.05) is 25.7 Å². The van der Waals surface area contributed by atoms with Gasteiger partial charge in [0.1, 0.15) is 19.3 Å². The van der Waals surface area contributed by atoms with Crippen LogP contribution in [0.1, 0.15) is 329 Å². The third-order valence-electron chi connectivity index (χ3n) is 14.9. The number of hydrogen-bond donors (Lipinski definition) is 3. The highest BCUT2D eigenvalue weighted by Crippen LogP contribution is 2.45. The van der Waals surface area contributed by atoms with Crippen molar-refractivity contribution in [3.8, 4) is 0 Å². The van der Waals surface area contributed by atoms with Gasteiger partial charge in [0.2, 0.25) is 0 Å². The molecule has 0 aromatic carbocycles. The van der Waals surface area contributed by atoms with Gasteiger partial charge in [0.25, 0.3) is 0 Å². The van der Waals surface area contributed by atoms with Crippen molar-refractivity contribution in [3.63, 3.8) is 0 Å². The van der Waals surface area contributed by atoms with Crippen LogP contribution in [0.5, 0.6) is 0 Å². The van der Waals surface area contributed by atoms with Crippen molar-refractivity contribution < 1.29 is 80.2 Å². The van der Waals surface area contributed by atoms with Gasteiger partial charge >= 0.3 is 39.5 Å². The molecule has 3 N–H and O–H groups in total. The molecule has 0 aromatic rings. The van der Waals surface area contributed by atoms with E-state index in [0.29, 0.717) is 25.7 Å². The molecule has 5 atom stereocenters. The first-order valence-electron chi connectivity index (χ1n) is 33.8. The number of aliphatic hydroxyl groups excluding tert-OH is 1. The Morgan fingerprint density at radius 1 is 0.289 bits per heavy atom. The Hall–Kier alpha value is -1.94. The second-order valence-electron chi connectivity index (χ2n) is 23.2. The van der Waals surface area contributed by atoms with Gasteiger partial charge in [-0.05, 0) is 25.7 Å². The molecule has 0 aromatic heterocycles. The average Bonchev–Trinajstić information content (AvgIpc) is 3.49.